The summed E-state index contributed by atoms with van der Waals surface area (Å²) < 4.78 is 1.91. The van der Waals surface area contributed by atoms with Crippen molar-refractivity contribution >= 4 is 11.9 Å². The van der Waals surface area contributed by atoms with Crippen LogP contribution in [0, 0.1) is 12.8 Å². The van der Waals surface area contributed by atoms with Crippen molar-refractivity contribution in [3.05, 3.63) is 17.5 Å². The van der Waals surface area contributed by atoms with Crippen molar-refractivity contribution in [1.82, 2.24) is 15.1 Å². The van der Waals surface area contributed by atoms with E-state index in [-0.39, 0.29) is 18.0 Å². The number of carboxylic acid groups (broad SMARTS) is 1. The Morgan fingerprint density at radius 3 is 2.58 bits per heavy atom. The molecule has 0 spiro atoms. The maximum Gasteiger partial charge on any atom is 0.308 e. The number of aromatic nitrogens is 2. The zero-order valence-corrected chi connectivity index (χ0v) is 14.9. The number of carbonyl (C=O) groups is 2. The number of aliphatic carboxylic acids is 1. The lowest BCUT2D eigenvalue weighted by molar-refractivity contribution is -0.142. The molecule has 2 rings (SSSR count). The molecule has 0 aromatic carbocycles. The lowest BCUT2D eigenvalue weighted by Crippen LogP contribution is -2.43. The van der Waals surface area contributed by atoms with E-state index < -0.39 is 11.9 Å². The Bertz CT molecular complexity index is 578. The smallest absolute Gasteiger partial charge is 0.308 e. The lowest BCUT2D eigenvalue weighted by atomic mass is 9.95. The van der Waals surface area contributed by atoms with Gasteiger partial charge in [0.05, 0.1) is 12.0 Å². The summed E-state index contributed by atoms with van der Waals surface area (Å²) in [5, 5.41) is 16.8. The topological polar surface area (TPSA) is 84.2 Å². The van der Waals surface area contributed by atoms with Gasteiger partial charge >= 0.3 is 5.97 Å². The first-order valence-electron chi connectivity index (χ1n) is 9.07. The van der Waals surface area contributed by atoms with Crippen LogP contribution in [0.2, 0.25) is 0 Å². The molecule has 24 heavy (non-hydrogen) atoms. The monoisotopic (exact) mass is 335 g/mol. The van der Waals surface area contributed by atoms with Crippen LogP contribution in [-0.4, -0.2) is 32.8 Å². The summed E-state index contributed by atoms with van der Waals surface area (Å²) in [6.07, 6.45) is 6.16. The summed E-state index contributed by atoms with van der Waals surface area (Å²) in [5.41, 5.74) is 1.34. The summed E-state index contributed by atoms with van der Waals surface area (Å²) in [6, 6.07) is 1.77. The molecule has 1 saturated carbocycles. The van der Waals surface area contributed by atoms with Gasteiger partial charge in [-0.25, -0.2) is 0 Å². The summed E-state index contributed by atoms with van der Waals surface area (Å²) in [4.78, 5) is 24.1. The standard InChI is InChI=1S/C18H29N3O3/c1-4-13(5-2)21-12(3)11-16(20-21)17(22)19-15-10-8-6-7-9-14(15)18(23)24/h11,13-15H,4-10H2,1-3H3,(H,19,22)(H,23,24)/t14-,15+/m1/s1. The van der Waals surface area contributed by atoms with Crippen LogP contribution in [0.1, 0.15) is 81.0 Å². The molecular formula is C18H29N3O3. The highest BCUT2D eigenvalue weighted by Gasteiger charge is 2.31. The quantitative estimate of drug-likeness (QED) is 0.781. The zero-order valence-electron chi connectivity index (χ0n) is 14.9. The number of hydrogen-bond acceptors (Lipinski definition) is 3. The fourth-order valence-corrected chi connectivity index (χ4v) is 3.62. The molecule has 6 nitrogen and oxygen atoms in total. The molecule has 1 fully saturated rings. The maximum atomic E-state index is 12.6. The van der Waals surface area contributed by atoms with Crippen LogP contribution in [0.25, 0.3) is 0 Å². The van der Waals surface area contributed by atoms with Crippen LogP contribution in [-0.2, 0) is 4.79 Å². The first-order valence-corrected chi connectivity index (χ1v) is 9.07. The van der Waals surface area contributed by atoms with Crippen molar-refractivity contribution in [2.45, 2.75) is 77.8 Å². The fourth-order valence-electron chi connectivity index (χ4n) is 3.62. The number of rotatable bonds is 6. The molecule has 1 heterocycles. The van der Waals surface area contributed by atoms with Gasteiger partial charge in [0.25, 0.3) is 5.91 Å². The van der Waals surface area contributed by atoms with E-state index in [9.17, 15) is 14.7 Å². The van der Waals surface area contributed by atoms with Crippen molar-refractivity contribution < 1.29 is 14.7 Å². The predicted octanol–water partition coefficient (Wildman–Crippen LogP) is 3.32. The maximum absolute atomic E-state index is 12.6. The molecule has 1 amide bonds. The molecular weight excluding hydrogens is 306 g/mol. The molecule has 1 aromatic heterocycles. The molecule has 2 N–H and O–H groups in total. The van der Waals surface area contributed by atoms with Gasteiger partial charge < -0.3 is 10.4 Å². The average molecular weight is 335 g/mol. The predicted molar refractivity (Wildman–Crippen MR) is 92.0 cm³/mol. The number of nitrogens with zero attached hydrogens (tertiary/aromatic N) is 2. The van der Waals surface area contributed by atoms with Crippen molar-refractivity contribution in [1.29, 1.82) is 0 Å². The normalized spacial score (nSPS) is 21.5. The second-order valence-corrected chi connectivity index (χ2v) is 6.75. The average Bonchev–Trinajstić information content (AvgIpc) is 2.78. The van der Waals surface area contributed by atoms with Crippen LogP contribution in [0.15, 0.2) is 6.07 Å². The zero-order chi connectivity index (χ0) is 17.7. The van der Waals surface area contributed by atoms with E-state index in [1.165, 1.54) is 0 Å². The third-order valence-electron chi connectivity index (χ3n) is 5.09. The first kappa shape index (κ1) is 18.5. The van der Waals surface area contributed by atoms with E-state index >= 15 is 0 Å². The summed E-state index contributed by atoms with van der Waals surface area (Å²) in [5.74, 6) is -1.58. The molecule has 0 unspecified atom stereocenters. The first-order chi connectivity index (χ1) is 11.5. The van der Waals surface area contributed by atoms with Crippen LogP contribution < -0.4 is 5.32 Å². The number of hydrogen-bond donors (Lipinski definition) is 2. The number of nitrogens with one attached hydrogen (secondary N) is 1. The second-order valence-electron chi connectivity index (χ2n) is 6.75. The van der Waals surface area contributed by atoms with E-state index in [2.05, 4.69) is 24.3 Å². The molecule has 0 radical (unpaired) electrons. The Labute approximate surface area is 143 Å². The number of carboxylic acids is 1. The van der Waals surface area contributed by atoms with Gasteiger partial charge in [0.1, 0.15) is 5.69 Å². The van der Waals surface area contributed by atoms with E-state index in [1.54, 1.807) is 6.07 Å². The highest BCUT2D eigenvalue weighted by atomic mass is 16.4. The van der Waals surface area contributed by atoms with Gasteiger partial charge in [0.15, 0.2) is 0 Å². The largest absolute Gasteiger partial charge is 0.481 e. The molecule has 1 aromatic rings. The van der Waals surface area contributed by atoms with Gasteiger partial charge in [0, 0.05) is 11.7 Å². The number of aryl methyl sites for hydroxylation is 1. The highest BCUT2D eigenvalue weighted by molar-refractivity contribution is 5.93. The number of carbonyl (C=O) groups excluding carboxylic acids is 1. The van der Waals surface area contributed by atoms with Gasteiger partial charge in [-0.2, -0.15) is 5.10 Å². The van der Waals surface area contributed by atoms with Crippen LogP contribution >= 0.6 is 0 Å². The van der Waals surface area contributed by atoms with Crippen LogP contribution in [0.3, 0.4) is 0 Å². The van der Waals surface area contributed by atoms with E-state index in [0.29, 0.717) is 12.1 Å². The number of amides is 1. The molecule has 1 aliphatic rings. The third kappa shape index (κ3) is 4.16. The molecule has 0 saturated heterocycles. The minimum absolute atomic E-state index is 0.263. The summed E-state index contributed by atoms with van der Waals surface area (Å²) in [6.45, 7) is 6.17. The molecule has 0 bridgehead atoms. The summed E-state index contributed by atoms with van der Waals surface area (Å²) in [7, 11) is 0. The van der Waals surface area contributed by atoms with Gasteiger partial charge in [-0.1, -0.05) is 33.1 Å². The summed E-state index contributed by atoms with van der Waals surface area (Å²) >= 11 is 0. The van der Waals surface area contributed by atoms with Crippen molar-refractivity contribution in [3.8, 4) is 0 Å². The highest BCUT2D eigenvalue weighted by Crippen LogP contribution is 2.24. The van der Waals surface area contributed by atoms with Crippen LogP contribution in [0.5, 0.6) is 0 Å². The van der Waals surface area contributed by atoms with Crippen molar-refractivity contribution in [3.63, 3.8) is 0 Å². The van der Waals surface area contributed by atoms with Crippen LogP contribution in [0.4, 0.5) is 0 Å². The van der Waals surface area contributed by atoms with E-state index in [1.807, 2.05) is 11.6 Å². The molecule has 1 aliphatic carbocycles. The molecule has 0 aliphatic heterocycles. The Hall–Kier alpha value is -1.85. The Kier molecular flexibility index (Phi) is 6.40. The Morgan fingerprint density at radius 2 is 1.96 bits per heavy atom. The fraction of sp³-hybridized carbons (Fsp3) is 0.722. The molecule has 134 valence electrons. The minimum atomic E-state index is -0.819. The SMILES string of the molecule is CCC(CC)n1nc(C(=O)N[C@H]2CCCCC[C@H]2C(=O)O)cc1C. The van der Waals surface area contributed by atoms with Gasteiger partial charge in [-0.05, 0) is 38.7 Å². The third-order valence-corrected chi connectivity index (χ3v) is 5.09. The Morgan fingerprint density at radius 1 is 1.29 bits per heavy atom. The Balaban J connectivity index is 2.13. The minimum Gasteiger partial charge on any atom is -0.481 e. The van der Waals surface area contributed by atoms with E-state index in [4.69, 9.17) is 0 Å². The van der Waals surface area contributed by atoms with Gasteiger partial charge in [-0.15, -0.1) is 0 Å². The van der Waals surface area contributed by atoms with E-state index in [0.717, 1.165) is 44.2 Å². The molecule has 2 atom stereocenters. The van der Waals surface area contributed by atoms with Crippen molar-refractivity contribution in [2.24, 2.45) is 5.92 Å². The lowest BCUT2D eigenvalue weighted by Gasteiger charge is -2.22. The van der Waals surface area contributed by atoms with Gasteiger partial charge in [-0.3, -0.25) is 14.3 Å². The second kappa shape index (κ2) is 8.31. The van der Waals surface area contributed by atoms with Gasteiger partial charge in [0.2, 0.25) is 0 Å². The molecule has 6 heteroatoms. The van der Waals surface area contributed by atoms with Crippen molar-refractivity contribution in [2.75, 3.05) is 0 Å².